The van der Waals surface area contributed by atoms with Crippen LogP contribution in [0.3, 0.4) is 0 Å². The minimum atomic E-state index is 0.316. The van der Waals surface area contributed by atoms with Crippen molar-refractivity contribution in [2.45, 2.75) is 51.7 Å². The zero-order chi connectivity index (χ0) is 14.7. The lowest BCUT2D eigenvalue weighted by Gasteiger charge is -2.57. The van der Waals surface area contributed by atoms with Gasteiger partial charge in [-0.25, -0.2) is 4.98 Å². The fraction of sp³-hybridized carbons (Fsp3) is 0.812. The van der Waals surface area contributed by atoms with Crippen LogP contribution in [-0.4, -0.2) is 43.5 Å². The number of hydrogen-bond acceptors (Lipinski definition) is 5. The molecule has 1 aliphatic heterocycles. The summed E-state index contributed by atoms with van der Waals surface area (Å²) in [5, 5.41) is 3.78. The van der Waals surface area contributed by atoms with Gasteiger partial charge in [0.15, 0.2) is 0 Å². The summed E-state index contributed by atoms with van der Waals surface area (Å²) in [6.45, 7) is 7.82. The maximum atomic E-state index is 5.97. The van der Waals surface area contributed by atoms with E-state index in [9.17, 15) is 0 Å². The van der Waals surface area contributed by atoms with Gasteiger partial charge in [0.25, 0.3) is 0 Å². The maximum absolute atomic E-state index is 5.97. The summed E-state index contributed by atoms with van der Waals surface area (Å²) in [5.74, 6) is 0. The summed E-state index contributed by atoms with van der Waals surface area (Å²) in [4.78, 5) is 5.73. The number of nitrogens with zero attached hydrogens (tertiary/aromatic N) is 1. The zero-order valence-electron chi connectivity index (χ0n) is 13.1. The zero-order valence-corrected chi connectivity index (χ0v) is 13.9. The van der Waals surface area contributed by atoms with Gasteiger partial charge in [0.2, 0.25) is 0 Å². The van der Waals surface area contributed by atoms with E-state index in [-0.39, 0.29) is 0 Å². The van der Waals surface area contributed by atoms with E-state index in [4.69, 9.17) is 9.47 Å². The van der Waals surface area contributed by atoms with Crippen LogP contribution in [0, 0.1) is 12.3 Å². The Labute approximate surface area is 131 Å². The number of thiazole rings is 1. The van der Waals surface area contributed by atoms with Gasteiger partial charge in [0, 0.05) is 42.7 Å². The number of hydrogen-bond donors (Lipinski definition) is 1. The molecule has 2 heterocycles. The number of aryl methyl sites for hydroxylation is 1. The largest absolute Gasteiger partial charge is 0.381 e. The summed E-state index contributed by atoms with van der Waals surface area (Å²) in [7, 11) is 0. The lowest BCUT2D eigenvalue weighted by Crippen LogP contribution is -2.65. The fourth-order valence-electron chi connectivity index (χ4n) is 3.82. The SMILES string of the molecule is CCO[C@@H]1C[C@@H](NCCc2scnc2C)C12CCOCC2. The first-order valence-corrected chi connectivity index (χ1v) is 8.96. The molecule has 1 saturated heterocycles. The lowest BCUT2D eigenvalue weighted by atomic mass is 9.57. The molecular weight excluding hydrogens is 284 g/mol. The summed E-state index contributed by atoms with van der Waals surface area (Å²) in [5.41, 5.74) is 3.44. The van der Waals surface area contributed by atoms with Crippen molar-refractivity contribution in [2.75, 3.05) is 26.4 Å². The highest BCUT2D eigenvalue weighted by molar-refractivity contribution is 7.09. The normalized spacial score (nSPS) is 27.7. The summed E-state index contributed by atoms with van der Waals surface area (Å²) in [6.07, 6.45) is 4.92. The molecule has 21 heavy (non-hydrogen) atoms. The monoisotopic (exact) mass is 310 g/mol. The first kappa shape index (κ1) is 15.4. The highest BCUT2D eigenvalue weighted by atomic mass is 32.1. The second kappa shape index (κ2) is 6.73. The Morgan fingerprint density at radius 1 is 1.48 bits per heavy atom. The Hall–Kier alpha value is -0.490. The van der Waals surface area contributed by atoms with Crippen LogP contribution in [0.25, 0.3) is 0 Å². The number of ether oxygens (including phenoxy) is 2. The molecule has 3 rings (SSSR count). The molecule has 4 nitrogen and oxygen atoms in total. The van der Waals surface area contributed by atoms with Gasteiger partial charge in [0.1, 0.15) is 0 Å². The molecule has 0 radical (unpaired) electrons. The van der Waals surface area contributed by atoms with Crippen LogP contribution in [-0.2, 0) is 15.9 Å². The summed E-state index contributed by atoms with van der Waals surface area (Å²) >= 11 is 1.77. The Morgan fingerprint density at radius 3 is 2.95 bits per heavy atom. The van der Waals surface area contributed by atoms with Gasteiger partial charge in [-0.15, -0.1) is 11.3 Å². The van der Waals surface area contributed by atoms with Crippen molar-refractivity contribution in [3.05, 3.63) is 16.1 Å². The molecule has 1 saturated carbocycles. The van der Waals surface area contributed by atoms with Crippen molar-refractivity contribution in [1.82, 2.24) is 10.3 Å². The molecule has 118 valence electrons. The predicted octanol–water partition coefficient (Wildman–Crippen LogP) is 2.56. The molecule has 0 amide bonds. The molecule has 1 N–H and O–H groups in total. The minimum absolute atomic E-state index is 0.316. The van der Waals surface area contributed by atoms with Crippen molar-refractivity contribution in [2.24, 2.45) is 5.41 Å². The van der Waals surface area contributed by atoms with E-state index in [2.05, 4.69) is 24.1 Å². The van der Waals surface area contributed by atoms with Crippen LogP contribution >= 0.6 is 11.3 Å². The molecule has 2 aliphatic rings. The van der Waals surface area contributed by atoms with E-state index in [1.807, 2.05) is 5.51 Å². The average Bonchev–Trinajstić information content (AvgIpc) is 2.92. The molecule has 2 atom stereocenters. The summed E-state index contributed by atoms with van der Waals surface area (Å²) in [6, 6.07) is 0.589. The second-order valence-corrected chi connectivity index (χ2v) is 7.08. The molecule has 0 aromatic carbocycles. The van der Waals surface area contributed by atoms with Gasteiger partial charge in [-0.1, -0.05) is 0 Å². The Balaban J connectivity index is 1.54. The van der Waals surface area contributed by atoms with Crippen molar-refractivity contribution in [3.63, 3.8) is 0 Å². The van der Waals surface area contributed by atoms with E-state index in [1.165, 1.54) is 10.6 Å². The van der Waals surface area contributed by atoms with Gasteiger partial charge in [-0.3, -0.25) is 0 Å². The molecule has 2 fully saturated rings. The van der Waals surface area contributed by atoms with Gasteiger partial charge in [-0.05, 0) is 39.5 Å². The number of aromatic nitrogens is 1. The van der Waals surface area contributed by atoms with Crippen LogP contribution < -0.4 is 5.32 Å². The van der Waals surface area contributed by atoms with Gasteiger partial charge < -0.3 is 14.8 Å². The minimum Gasteiger partial charge on any atom is -0.381 e. The Morgan fingerprint density at radius 2 is 2.29 bits per heavy atom. The molecule has 0 bridgehead atoms. The number of rotatable bonds is 6. The lowest BCUT2D eigenvalue weighted by molar-refractivity contribution is -0.172. The maximum Gasteiger partial charge on any atom is 0.0797 e. The Bertz CT molecular complexity index is 457. The van der Waals surface area contributed by atoms with E-state index in [1.54, 1.807) is 11.3 Å². The molecule has 5 heteroatoms. The molecule has 1 spiro atoms. The first-order valence-electron chi connectivity index (χ1n) is 8.08. The standard InChI is InChI=1S/C16H26N2O2S/c1-3-20-15-10-14(16(15)5-8-19-9-6-16)17-7-4-13-12(2)18-11-21-13/h11,14-15,17H,3-10H2,1-2H3/t14-,15-/m1/s1. The smallest absolute Gasteiger partial charge is 0.0797 e. The van der Waals surface area contributed by atoms with Crippen LogP contribution in [0.1, 0.15) is 36.8 Å². The molecule has 1 aromatic heterocycles. The van der Waals surface area contributed by atoms with Crippen molar-refractivity contribution < 1.29 is 9.47 Å². The third-order valence-corrected chi connectivity index (χ3v) is 6.16. The second-order valence-electron chi connectivity index (χ2n) is 6.14. The van der Waals surface area contributed by atoms with Crippen molar-refractivity contribution >= 4 is 11.3 Å². The first-order chi connectivity index (χ1) is 10.3. The van der Waals surface area contributed by atoms with Crippen LogP contribution in [0.2, 0.25) is 0 Å². The topological polar surface area (TPSA) is 43.4 Å². The molecule has 0 unspecified atom stereocenters. The van der Waals surface area contributed by atoms with Gasteiger partial charge in [0.05, 0.1) is 17.3 Å². The van der Waals surface area contributed by atoms with Crippen molar-refractivity contribution in [1.29, 1.82) is 0 Å². The third-order valence-electron chi connectivity index (χ3n) is 5.16. The van der Waals surface area contributed by atoms with E-state index < -0.39 is 0 Å². The predicted molar refractivity (Wildman–Crippen MR) is 84.9 cm³/mol. The van der Waals surface area contributed by atoms with E-state index >= 15 is 0 Å². The quantitative estimate of drug-likeness (QED) is 0.877. The third kappa shape index (κ3) is 3.02. The molecule has 1 aliphatic carbocycles. The highest BCUT2D eigenvalue weighted by Gasteiger charge is 2.55. The van der Waals surface area contributed by atoms with Crippen LogP contribution in [0.15, 0.2) is 5.51 Å². The molecule has 1 aromatic rings. The summed E-state index contributed by atoms with van der Waals surface area (Å²) < 4.78 is 11.5. The fourth-order valence-corrected chi connectivity index (χ4v) is 4.60. The van der Waals surface area contributed by atoms with Crippen LogP contribution in [0.5, 0.6) is 0 Å². The Kier molecular flexibility index (Phi) is 4.94. The van der Waals surface area contributed by atoms with Crippen molar-refractivity contribution in [3.8, 4) is 0 Å². The van der Waals surface area contributed by atoms with Gasteiger partial charge >= 0.3 is 0 Å². The number of nitrogens with one attached hydrogen (secondary N) is 1. The van der Waals surface area contributed by atoms with Gasteiger partial charge in [-0.2, -0.15) is 0 Å². The van der Waals surface area contributed by atoms with Crippen LogP contribution in [0.4, 0.5) is 0 Å². The van der Waals surface area contributed by atoms with E-state index in [0.29, 0.717) is 17.6 Å². The molecular formula is C16H26N2O2S. The highest BCUT2D eigenvalue weighted by Crippen LogP contribution is 2.50. The van der Waals surface area contributed by atoms with E-state index in [0.717, 1.165) is 52.0 Å². The average molecular weight is 310 g/mol.